The minimum Gasteiger partial charge on any atom is -0.480 e. The molecular formula is C20H23N3O2. The highest BCUT2D eigenvalue weighted by molar-refractivity contribution is 5.82. The molecule has 5 heteroatoms. The van der Waals surface area contributed by atoms with Gasteiger partial charge in [-0.3, -0.25) is 10.2 Å². The summed E-state index contributed by atoms with van der Waals surface area (Å²) >= 11 is 0. The third-order valence-electron chi connectivity index (χ3n) is 4.98. The number of benzene rings is 2. The molecule has 0 bridgehead atoms. The Hall–Kier alpha value is -2.37. The summed E-state index contributed by atoms with van der Waals surface area (Å²) in [6.07, 6.45) is 1.21. The summed E-state index contributed by atoms with van der Waals surface area (Å²) in [5, 5.41) is 0. The molecule has 4 rings (SSSR count). The van der Waals surface area contributed by atoms with E-state index < -0.39 is 6.10 Å². The van der Waals surface area contributed by atoms with E-state index in [9.17, 15) is 4.79 Å². The summed E-state index contributed by atoms with van der Waals surface area (Å²) < 4.78 is 5.82. The number of hydrogen-bond donors (Lipinski definition) is 2. The summed E-state index contributed by atoms with van der Waals surface area (Å²) in [4.78, 5) is 14.5. The monoisotopic (exact) mass is 337 g/mol. The number of nitrogens with one attached hydrogen (secondary N) is 2. The van der Waals surface area contributed by atoms with Crippen LogP contribution in [0.5, 0.6) is 5.75 Å². The zero-order chi connectivity index (χ0) is 17.2. The van der Waals surface area contributed by atoms with Crippen LogP contribution in [0.1, 0.15) is 23.6 Å². The quantitative estimate of drug-likeness (QED) is 0.897. The van der Waals surface area contributed by atoms with Crippen LogP contribution in [0, 0.1) is 0 Å². The van der Waals surface area contributed by atoms with Gasteiger partial charge < -0.3 is 9.64 Å². The summed E-state index contributed by atoms with van der Waals surface area (Å²) in [5.74, 6) is 0.875. The lowest BCUT2D eigenvalue weighted by Crippen LogP contribution is -2.45. The molecule has 1 fully saturated rings. The molecule has 2 aromatic carbocycles. The molecular weight excluding hydrogens is 314 g/mol. The highest BCUT2D eigenvalue weighted by Crippen LogP contribution is 2.29. The molecule has 0 aromatic heterocycles. The molecule has 25 heavy (non-hydrogen) atoms. The number of hydrazine groups is 1. The van der Waals surface area contributed by atoms with Gasteiger partial charge in [-0.25, -0.2) is 5.43 Å². The number of rotatable bonds is 4. The van der Waals surface area contributed by atoms with Gasteiger partial charge in [0.25, 0.3) is 5.91 Å². The first-order chi connectivity index (χ1) is 12.2. The number of amides is 1. The number of fused-ring (bicyclic) bond motifs is 1. The third-order valence-corrected chi connectivity index (χ3v) is 4.98. The largest absolute Gasteiger partial charge is 0.480 e. The van der Waals surface area contributed by atoms with Crippen molar-refractivity contribution in [3.8, 4) is 5.75 Å². The highest BCUT2D eigenvalue weighted by atomic mass is 16.5. The first kappa shape index (κ1) is 16.1. The lowest BCUT2D eigenvalue weighted by Gasteiger charge is -2.23. The van der Waals surface area contributed by atoms with Gasteiger partial charge in [0.1, 0.15) is 5.75 Å². The van der Waals surface area contributed by atoms with Crippen molar-refractivity contribution in [3.63, 3.8) is 0 Å². The highest BCUT2D eigenvalue weighted by Gasteiger charge is 2.33. The van der Waals surface area contributed by atoms with Crippen LogP contribution in [0.3, 0.4) is 0 Å². The van der Waals surface area contributed by atoms with Crippen LogP contribution in [-0.2, 0) is 11.2 Å². The molecule has 3 unspecified atom stereocenters. The van der Waals surface area contributed by atoms with E-state index >= 15 is 0 Å². The van der Waals surface area contributed by atoms with E-state index in [2.05, 4.69) is 35.1 Å². The molecule has 0 saturated carbocycles. The predicted octanol–water partition coefficient (Wildman–Crippen LogP) is 2.06. The smallest absolute Gasteiger partial charge is 0.263 e. The Morgan fingerprint density at radius 3 is 2.68 bits per heavy atom. The molecule has 2 N–H and O–H groups in total. The Morgan fingerprint density at radius 2 is 1.88 bits per heavy atom. The van der Waals surface area contributed by atoms with Crippen molar-refractivity contribution in [1.29, 1.82) is 0 Å². The lowest BCUT2D eigenvalue weighted by molar-refractivity contribution is -0.136. The Morgan fingerprint density at radius 1 is 1.12 bits per heavy atom. The number of nitrogens with zero attached hydrogens (tertiary/aromatic N) is 1. The van der Waals surface area contributed by atoms with Crippen molar-refractivity contribution in [2.75, 3.05) is 13.6 Å². The Bertz CT molecular complexity index is 725. The van der Waals surface area contributed by atoms with Gasteiger partial charge in [0.15, 0.2) is 6.10 Å². The van der Waals surface area contributed by atoms with Crippen molar-refractivity contribution in [1.82, 2.24) is 15.8 Å². The fourth-order valence-corrected chi connectivity index (χ4v) is 3.63. The normalized spacial score (nSPS) is 24.6. The van der Waals surface area contributed by atoms with E-state index in [1.54, 1.807) is 4.90 Å². The maximum atomic E-state index is 12.7. The Labute approximate surface area is 148 Å². The van der Waals surface area contributed by atoms with Crippen LogP contribution < -0.4 is 15.6 Å². The van der Waals surface area contributed by atoms with Crippen LogP contribution in [0.2, 0.25) is 0 Å². The Kier molecular flexibility index (Phi) is 4.42. The minimum atomic E-state index is -0.401. The third kappa shape index (κ3) is 3.38. The molecule has 2 aliphatic rings. The van der Waals surface area contributed by atoms with Crippen molar-refractivity contribution in [2.45, 2.75) is 31.0 Å². The zero-order valence-electron chi connectivity index (χ0n) is 14.3. The number of carbonyl (C=O) groups excluding carboxylic acids is 1. The maximum Gasteiger partial charge on any atom is 0.263 e. The average molecular weight is 337 g/mol. The van der Waals surface area contributed by atoms with Gasteiger partial charge in [-0.15, -0.1) is 0 Å². The Balaban J connectivity index is 1.32. The van der Waals surface area contributed by atoms with Crippen LogP contribution in [-0.4, -0.2) is 36.5 Å². The molecule has 2 aromatic rings. The molecule has 0 spiro atoms. The van der Waals surface area contributed by atoms with Crippen molar-refractivity contribution in [2.24, 2.45) is 0 Å². The van der Waals surface area contributed by atoms with E-state index in [-0.39, 0.29) is 18.0 Å². The van der Waals surface area contributed by atoms with Gasteiger partial charge in [-0.2, -0.15) is 0 Å². The van der Waals surface area contributed by atoms with Crippen molar-refractivity contribution in [3.05, 3.63) is 65.7 Å². The molecule has 3 atom stereocenters. The van der Waals surface area contributed by atoms with Gasteiger partial charge in [0, 0.05) is 32.1 Å². The number of ether oxygens (including phenoxy) is 1. The number of para-hydroxylation sites is 1. The van der Waals surface area contributed by atoms with E-state index in [4.69, 9.17) is 4.74 Å². The number of hydrogen-bond acceptors (Lipinski definition) is 4. The van der Waals surface area contributed by atoms with Crippen LogP contribution >= 0.6 is 0 Å². The molecule has 130 valence electrons. The SMILES string of the molecule is CN(CC1CC(c2ccccc2)NN1)C(=O)C1Cc2ccccc2O1. The molecule has 2 aliphatic heterocycles. The topological polar surface area (TPSA) is 53.6 Å². The van der Waals surface area contributed by atoms with E-state index in [0.29, 0.717) is 13.0 Å². The second-order valence-corrected chi connectivity index (χ2v) is 6.82. The maximum absolute atomic E-state index is 12.7. The summed E-state index contributed by atoms with van der Waals surface area (Å²) in [7, 11) is 1.85. The summed E-state index contributed by atoms with van der Waals surface area (Å²) in [6.45, 7) is 0.658. The van der Waals surface area contributed by atoms with Crippen LogP contribution in [0.4, 0.5) is 0 Å². The van der Waals surface area contributed by atoms with Crippen LogP contribution in [0.15, 0.2) is 54.6 Å². The first-order valence-corrected chi connectivity index (χ1v) is 8.76. The van der Waals surface area contributed by atoms with Gasteiger partial charge in [0.05, 0.1) is 0 Å². The number of likely N-dealkylation sites (N-methyl/N-ethyl adjacent to an activating group) is 1. The summed E-state index contributed by atoms with van der Waals surface area (Å²) in [5.41, 5.74) is 9.02. The van der Waals surface area contributed by atoms with E-state index in [1.165, 1.54) is 5.56 Å². The van der Waals surface area contributed by atoms with Gasteiger partial charge >= 0.3 is 0 Å². The van der Waals surface area contributed by atoms with Crippen molar-refractivity contribution < 1.29 is 9.53 Å². The summed E-state index contributed by atoms with van der Waals surface area (Å²) in [6, 6.07) is 18.7. The average Bonchev–Trinajstić information content (AvgIpc) is 3.28. The van der Waals surface area contributed by atoms with Gasteiger partial charge in [-0.1, -0.05) is 48.5 Å². The fraction of sp³-hybridized carbons (Fsp3) is 0.350. The fourth-order valence-electron chi connectivity index (χ4n) is 3.63. The molecule has 0 radical (unpaired) electrons. The second-order valence-electron chi connectivity index (χ2n) is 6.82. The number of carbonyl (C=O) groups is 1. The molecule has 0 aliphatic carbocycles. The molecule has 5 nitrogen and oxygen atoms in total. The predicted molar refractivity (Wildman–Crippen MR) is 96.1 cm³/mol. The molecule has 1 saturated heterocycles. The zero-order valence-corrected chi connectivity index (χ0v) is 14.3. The van der Waals surface area contributed by atoms with E-state index in [1.807, 2.05) is 37.4 Å². The standard InChI is InChI=1S/C20H23N3O2/c1-23(20(24)19-11-15-9-5-6-10-18(15)25-19)13-16-12-17(22-21-16)14-7-3-2-4-8-14/h2-10,16-17,19,21-22H,11-13H2,1H3. The van der Waals surface area contributed by atoms with Crippen LogP contribution in [0.25, 0.3) is 0 Å². The lowest BCUT2D eigenvalue weighted by atomic mass is 10.0. The van der Waals surface area contributed by atoms with E-state index in [0.717, 1.165) is 17.7 Å². The molecule has 2 heterocycles. The second kappa shape index (κ2) is 6.86. The molecule has 1 amide bonds. The minimum absolute atomic E-state index is 0.0427. The van der Waals surface area contributed by atoms with Gasteiger partial charge in [-0.05, 0) is 23.6 Å². The first-order valence-electron chi connectivity index (χ1n) is 8.76. The van der Waals surface area contributed by atoms with Gasteiger partial charge in [0.2, 0.25) is 0 Å². The van der Waals surface area contributed by atoms with Crippen molar-refractivity contribution >= 4 is 5.91 Å².